The molecule has 8 heteroatoms. The number of amides is 2. The van der Waals surface area contributed by atoms with Crippen LogP contribution in [0.5, 0.6) is 5.75 Å². The molecule has 2 heterocycles. The molecule has 0 bridgehead atoms. The number of anilines is 3. The number of urea groups is 1. The van der Waals surface area contributed by atoms with Gasteiger partial charge in [0, 0.05) is 23.9 Å². The molecule has 4 rings (SSSR count). The van der Waals surface area contributed by atoms with Crippen LogP contribution in [0.3, 0.4) is 0 Å². The van der Waals surface area contributed by atoms with Gasteiger partial charge in [-0.25, -0.2) is 9.78 Å². The van der Waals surface area contributed by atoms with Crippen LogP contribution in [-0.2, 0) is 4.74 Å². The van der Waals surface area contributed by atoms with Crippen molar-refractivity contribution in [2.75, 3.05) is 36.8 Å². The molecule has 0 saturated carbocycles. The zero-order valence-electron chi connectivity index (χ0n) is 19.7. The van der Waals surface area contributed by atoms with Gasteiger partial charge in [0.05, 0.1) is 31.1 Å². The number of para-hydroxylation sites is 1. The standard InChI is InChI=1S/C25H30N4O4/c1-6-32-16-29(21-10-8-7-9-17(21)2)24-26-14-22(33-24)18-11-19(13-20(12-18)31-5)28-15-25(3,4)27-23(28)30/h7-14H,6,15-16H2,1-5H3,(H,27,30). The maximum Gasteiger partial charge on any atom is 0.322 e. The van der Waals surface area contributed by atoms with Gasteiger partial charge in [0.15, 0.2) is 5.76 Å². The Balaban J connectivity index is 1.70. The smallest absolute Gasteiger partial charge is 0.322 e. The average Bonchev–Trinajstić information content (AvgIpc) is 3.38. The van der Waals surface area contributed by atoms with Crippen molar-refractivity contribution in [2.24, 2.45) is 0 Å². The SMILES string of the molecule is CCOCN(c1ncc(-c2cc(OC)cc(N3CC(C)(C)NC3=O)c2)o1)c1ccccc1C. The monoisotopic (exact) mass is 450 g/mol. The highest BCUT2D eigenvalue weighted by atomic mass is 16.5. The molecule has 0 spiro atoms. The molecule has 0 aliphatic carbocycles. The maximum atomic E-state index is 12.5. The summed E-state index contributed by atoms with van der Waals surface area (Å²) in [6, 6.07) is 13.9. The van der Waals surface area contributed by atoms with Crippen molar-refractivity contribution >= 4 is 23.4 Å². The maximum absolute atomic E-state index is 12.5. The number of nitrogens with zero attached hydrogens (tertiary/aromatic N) is 3. The zero-order valence-corrected chi connectivity index (χ0v) is 19.7. The van der Waals surface area contributed by atoms with Crippen molar-refractivity contribution < 1.29 is 18.7 Å². The molecule has 1 fully saturated rings. The van der Waals surface area contributed by atoms with Crippen LogP contribution in [0.2, 0.25) is 0 Å². The van der Waals surface area contributed by atoms with E-state index in [0.717, 1.165) is 22.5 Å². The van der Waals surface area contributed by atoms with Gasteiger partial charge in [0.2, 0.25) is 0 Å². The fraction of sp³-hybridized carbons (Fsp3) is 0.360. The van der Waals surface area contributed by atoms with Gasteiger partial charge in [-0.1, -0.05) is 18.2 Å². The Morgan fingerprint density at radius 1 is 1.24 bits per heavy atom. The Hall–Kier alpha value is -3.52. The van der Waals surface area contributed by atoms with Gasteiger partial charge in [-0.2, -0.15) is 0 Å². The van der Waals surface area contributed by atoms with Crippen molar-refractivity contribution in [2.45, 2.75) is 33.2 Å². The Kier molecular flexibility index (Phi) is 6.29. The summed E-state index contributed by atoms with van der Waals surface area (Å²) in [5.74, 6) is 1.20. The fourth-order valence-corrected chi connectivity index (χ4v) is 3.87. The molecule has 3 aromatic rings. The number of aryl methyl sites for hydroxylation is 1. The van der Waals surface area contributed by atoms with E-state index in [2.05, 4.69) is 10.3 Å². The molecule has 8 nitrogen and oxygen atoms in total. The molecule has 1 N–H and O–H groups in total. The summed E-state index contributed by atoms with van der Waals surface area (Å²) in [4.78, 5) is 20.7. The number of oxazole rings is 1. The number of ether oxygens (including phenoxy) is 2. The first-order chi connectivity index (χ1) is 15.8. The second-order valence-electron chi connectivity index (χ2n) is 8.66. The molecule has 0 radical (unpaired) electrons. The van der Waals surface area contributed by atoms with Crippen LogP contribution in [0.15, 0.2) is 53.1 Å². The Labute approximate surface area is 194 Å². The van der Waals surface area contributed by atoms with Crippen LogP contribution < -0.4 is 19.9 Å². The van der Waals surface area contributed by atoms with E-state index in [1.54, 1.807) is 18.2 Å². The zero-order chi connectivity index (χ0) is 23.6. The summed E-state index contributed by atoms with van der Waals surface area (Å²) in [7, 11) is 1.60. The molecular formula is C25H30N4O4. The number of hydrogen-bond donors (Lipinski definition) is 1. The van der Waals surface area contributed by atoms with Gasteiger partial charge < -0.3 is 19.2 Å². The number of carbonyl (C=O) groups is 1. The molecule has 1 aromatic heterocycles. The summed E-state index contributed by atoms with van der Waals surface area (Å²) in [6.45, 7) is 9.41. The number of benzene rings is 2. The van der Waals surface area contributed by atoms with Crippen molar-refractivity contribution in [3.05, 3.63) is 54.2 Å². The quantitative estimate of drug-likeness (QED) is 0.481. The van der Waals surface area contributed by atoms with Gasteiger partial charge in [-0.3, -0.25) is 9.80 Å². The van der Waals surface area contributed by atoms with E-state index in [4.69, 9.17) is 13.9 Å². The first-order valence-electron chi connectivity index (χ1n) is 11.0. The molecule has 174 valence electrons. The van der Waals surface area contributed by atoms with Gasteiger partial charge >= 0.3 is 12.0 Å². The van der Waals surface area contributed by atoms with Crippen LogP contribution >= 0.6 is 0 Å². The molecule has 33 heavy (non-hydrogen) atoms. The van der Waals surface area contributed by atoms with Gasteiger partial charge in [0.25, 0.3) is 0 Å². The van der Waals surface area contributed by atoms with E-state index in [-0.39, 0.29) is 11.6 Å². The lowest BCUT2D eigenvalue weighted by Gasteiger charge is -2.22. The van der Waals surface area contributed by atoms with Crippen molar-refractivity contribution in [1.29, 1.82) is 0 Å². The number of rotatable bonds is 8. The van der Waals surface area contributed by atoms with Gasteiger partial charge in [-0.15, -0.1) is 0 Å². The highest BCUT2D eigenvalue weighted by Crippen LogP contribution is 2.35. The topological polar surface area (TPSA) is 80.1 Å². The van der Waals surface area contributed by atoms with E-state index in [1.165, 1.54) is 0 Å². The third kappa shape index (κ3) is 4.80. The largest absolute Gasteiger partial charge is 0.497 e. The van der Waals surface area contributed by atoms with Gasteiger partial charge in [0.1, 0.15) is 12.5 Å². The number of nitrogens with one attached hydrogen (secondary N) is 1. The van der Waals surface area contributed by atoms with Crippen LogP contribution in [-0.4, -0.2) is 43.5 Å². The predicted molar refractivity (Wildman–Crippen MR) is 128 cm³/mol. The average molecular weight is 451 g/mol. The third-order valence-corrected chi connectivity index (χ3v) is 5.52. The van der Waals surface area contributed by atoms with Crippen LogP contribution in [0.1, 0.15) is 26.3 Å². The lowest BCUT2D eigenvalue weighted by Crippen LogP contribution is -2.36. The summed E-state index contributed by atoms with van der Waals surface area (Å²) in [5, 5.41) is 2.99. The lowest BCUT2D eigenvalue weighted by atomic mass is 10.1. The minimum atomic E-state index is -0.312. The molecule has 1 aliphatic rings. The Morgan fingerprint density at radius 2 is 2.03 bits per heavy atom. The van der Waals surface area contributed by atoms with E-state index < -0.39 is 0 Å². The second-order valence-corrected chi connectivity index (χ2v) is 8.66. The minimum absolute atomic E-state index is 0.139. The first kappa shape index (κ1) is 22.7. The Bertz CT molecular complexity index is 1140. The van der Waals surface area contributed by atoms with Gasteiger partial charge in [-0.05, 0) is 51.5 Å². The van der Waals surface area contributed by atoms with Crippen molar-refractivity contribution in [3.8, 4) is 17.1 Å². The van der Waals surface area contributed by atoms with E-state index in [1.807, 2.05) is 75.1 Å². The summed E-state index contributed by atoms with van der Waals surface area (Å²) < 4.78 is 17.4. The van der Waals surface area contributed by atoms with Crippen molar-refractivity contribution in [1.82, 2.24) is 10.3 Å². The normalized spacial score (nSPS) is 14.9. The van der Waals surface area contributed by atoms with Crippen LogP contribution in [0, 0.1) is 6.92 Å². The van der Waals surface area contributed by atoms with E-state index >= 15 is 0 Å². The molecule has 2 amide bonds. The number of aromatic nitrogens is 1. The predicted octanol–water partition coefficient (Wildman–Crippen LogP) is 5.10. The summed E-state index contributed by atoms with van der Waals surface area (Å²) in [6.07, 6.45) is 1.68. The second kappa shape index (κ2) is 9.15. The molecule has 2 aromatic carbocycles. The summed E-state index contributed by atoms with van der Waals surface area (Å²) in [5.41, 5.74) is 3.23. The van der Waals surface area contributed by atoms with Crippen LogP contribution in [0.25, 0.3) is 11.3 Å². The lowest BCUT2D eigenvalue weighted by molar-refractivity contribution is 0.151. The third-order valence-electron chi connectivity index (χ3n) is 5.52. The number of carbonyl (C=O) groups excluding carboxylic acids is 1. The minimum Gasteiger partial charge on any atom is -0.497 e. The molecule has 0 unspecified atom stereocenters. The highest BCUT2D eigenvalue weighted by Gasteiger charge is 2.36. The highest BCUT2D eigenvalue weighted by molar-refractivity contribution is 5.96. The fourth-order valence-electron chi connectivity index (χ4n) is 3.87. The first-order valence-corrected chi connectivity index (χ1v) is 11.0. The van der Waals surface area contributed by atoms with Crippen LogP contribution in [0.4, 0.5) is 22.2 Å². The number of methoxy groups -OCH3 is 1. The van der Waals surface area contributed by atoms with Crippen molar-refractivity contribution in [3.63, 3.8) is 0 Å². The summed E-state index contributed by atoms with van der Waals surface area (Å²) >= 11 is 0. The molecule has 0 atom stereocenters. The Morgan fingerprint density at radius 3 is 2.70 bits per heavy atom. The van der Waals surface area contributed by atoms with E-state index in [0.29, 0.717) is 37.4 Å². The molecule has 1 saturated heterocycles. The van der Waals surface area contributed by atoms with E-state index in [9.17, 15) is 4.79 Å². The molecular weight excluding hydrogens is 420 g/mol. The number of hydrogen-bond acceptors (Lipinski definition) is 6. The molecule has 1 aliphatic heterocycles.